The van der Waals surface area contributed by atoms with Crippen LogP contribution in [0.25, 0.3) is 0 Å². The molecule has 98 valence electrons. The number of ether oxygens (including phenoxy) is 1. The maximum atomic E-state index is 5.70. The molecule has 17 heavy (non-hydrogen) atoms. The zero-order valence-electron chi connectivity index (χ0n) is 11.4. The highest BCUT2D eigenvalue weighted by atomic mass is 32.1. The molecular weight excluding hydrogens is 232 g/mol. The van der Waals surface area contributed by atoms with E-state index in [2.05, 4.69) is 37.3 Å². The predicted molar refractivity (Wildman–Crippen MR) is 74.6 cm³/mol. The summed E-state index contributed by atoms with van der Waals surface area (Å²) in [6.07, 6.45) is 1.10. The predicted octanol–water partition coefficient (Wildman–Crippen LogP) is 2.24. The molecule has 0 atom stereocenters. The Morgan fingerprint density at radius 1 is 1.41 bits per heavy atom. The Bertz CT molecular complexity index is 323. The second kappa shape index (κ2) is 7.82. The van der Waals surface area contributed by atoms with E-state index in [4.69, 9.17) is 4.74 Å². The molecule has 1 N–H and O–H groups in total. The summed E-state index contributed by atoms with van der Waals surface area (Å²) >= 11 is 1.86. The van der Waals surface area contributed by atoms with Gasteiger partial charge >= 0.3 is 0 Å². The summed E-state index contributed by atoms with van der Waals surface area (Å²) in [7, 11) is 6.16. The van der Waals surface area contributed by atoms with Gasteiger partial charge in [-0.2, -0.15) is 0 Å². The average molecular weight is 256 g/mol. The molecule has 0 aliphatic heterocycles. The van der Waals surface area contributed by atoms with Crippen LogP contribution in [0.1, 0.15) is 21.7 Å². The van der Waals surface area contributed by atoms with E-state index >= 15 is 0 Å². The van der Waals surface area contributed by atoms with Crippen molar-refractivity contribution in [2.75, 3.05) is 34.3 Å². The van der Waals surface area contributed by atoms with Crippen LogP contribution >= 0.6 is 11.3 Å². The average Bonchev–Trinajstić information content (AvgIpc) is 2.59. The topological polar surface area (TPSA) is 24.5 Å². The molecule has 0 amide bonds. The van der Waals surface area contributed by atoms with Crippen LogP contribution in [-0.4, -0.2) is 39.2 Å². The van der Waals surface area contributed by atoms with Gasteiger partial charge in [-0.05, 0) is 52.7 Å². The van der Waals surface area contributed by atoms with E-state index in [9.17, 15) is 0 Å². The zero-order valence-corrected chi connectivity index (χ0v) is 12.2. The van der Waals surface area contributed by atoms with E-state index in [0.29, 0.717) is 0 Å². The molecule has 0 aromatic carbocycles. The fourth-order valence-corrected chi connectivity index (χ4v) is 2.72. The van der Waals surface area contributed by atoms with Crippen LogP contribution in [0.3, 0.4) is 0 Å². The molecule has 0 saturated heterocycles. The normalized spacial score (nSPS) is 11.4. The van der Waals surface area contributed by atoms with Gasteiger partial charge in [0.25, 0.3) is 0 Å². The van der Waals surface area contributed by atoms with Crippen LogP contribution in [0.15, 0.2) is 6.07 Å². The van der Waals surface area contributed by atoms with Crippen molar-refractivity contribution in [1.82, 2.24) is 10.2 Å². The Labute approximate surface area is 109 Å². The molecule has 1 aromatic heterocycles. The second-order valence-electron chi connectivity index (χ2n) is 4.53. The van der Waals surface area contributed by atoms with Gasteiger partial charge in [0.05, 0.1) is 6.61 Å². The largest absolute Gasteiger partial charge is 0.377 e. The summed E-state index contributed by atoms with van der Waals surface area (Å²) in [4.78, 5) is 4.95. The molecule has 0 aliphatic rings. The number of nitrogens with zero attached hydrogens (tertiary/aromatic N) is 1. The van der Waals surface area contributed by atoms with E-state index in [-0.39, 0.29) is 0 Å². The van der Waals surface area contributed by atoms with Gasteiger partial charge in [-0.15, -0.1) is 11.3 Å². The third kappa shape index (κ3) is 5.64. The highest BCUT2D eigenvalue weighted by molar-refractivity contribution is 7.12. The van der Waals surface area contributed by atoms with Gasteiger partial charge in [0, 0.05) is 22.9 Å². The summed E-state index contributed by atoms with van der Waals surface area (Å²) < 4.78 is 5.70. The third-order valence-electron chi connectivity index (χ3n) is 2.57. The lowest BCUT2D eigenvalue weighted by atomic mass is 10.2. The van der Waals surface area contributed by atoms with Crippen molar-refractivity contribution in [3.63, 3.8) is 0 Å². The Balaban J connectivity index is 2.26. The van der Waals surface area contributed by atoms with Gasteiger partial charge in [-0.3, -0.25) is 0 Å². The fraction of sp³-hybridized carbons (Fsp3) is 0.692. The molecule has 3 nitrogen and oxygen atoms in total. The lowest BCUT2D eigenvalue weighted by molar-refractivity contribution is 0.113. The van der Waals surface area contributed by atoms with Crippen molar-refractivity contribution in [3.05, 3.63) is 21.4 Å². The minimum Gasteiger partial charge on any atom is -0.377 e. The number of hydrogen-bond acceptors (Lipinski definition) is 4. The van der Waals surface area contributed by atoms with E-state index < -0.39 is 0 Å². The number of rotatable bonds is 8. The van der Waals surface area contributed by atoms with E-state index in [1.54, 1.807) is 0 Å². The van der Waals surface area contributed by atoms with E-state index in [0.717, 1.165) is 32.7 Å². The molecule has 0 bridgehead atoms. The van der Waals surface area contributed by atoms with E-state index in [1.165, 1.54) is 15.3 Å². The highest BCUT2D eigenvalue weighted by Crippen LogP contribution is 2.22. The quantitative estimate of drug-likeness (QED) is 0.722. The number of thiophene rings is 1. The van der Waals surface area contributed by atoms with Crippen molar-refractivity contribution >= 4 is 11.3 Å². The van der Waals surface area contributed by atoms with Gasteiger partial charge in [-0.25, -0.2) is 0 Å². The summed E-state index contributed by atoms with van der Waals surface area (Å²) in [6, 6.07) is 2.25. The Morgan fingerprint density at radius 2 is 2.18 bits per heavy atom. The first-order valence-corrected chi connectivity index (χ1v) is 6.90. The number of hydrogen-bond donors (Lipinski definition) is 1. The van der Waals surface area contributed by atoms with Crippen LogP contribution < -0.4 is 5.32 Å². The molecule has 1 aromatic rings. The van der Waals surface area contributed by atoms with Crippen LogP contribution in [0, 0.1) is 6.92 Å². The molecule has 0 spiro atoms. The monoisotopic (exact) mass is 256 g/mol. The van der Waals surface area contributed by atoms with Crippen molar-refractivity contribution in [1.29, 1.82) is 0 Å². The molecule has 4 heteroatoms. The van der Waals surface area contributed by atoms with Crippen molar-refractivity contribution < 1.29 is 4.74 Å². The van der Waals surface area contributed by atoms with Crippen LogP contribution in [0.2, 0.25) is 0 Å². The van der Waals surface area contributed by atoms with Gasteiger partial charge < -0.3 is 15.0 Å². The molecule has 0 fully saturated rings. The molecular formula is C13H24N2OS. The third-order valence-corrected chi connectivity index (χ3v) is 3.67. The molecule has 1 rings (SSSR count). The summed E-state index contributed by atoms with van der Waals surface area (Å²) in [6.45, 7) is 5.80. The molecule has 0 saturated carbocycles. The minimum absolute atomic E-state index is 0.749. The van der Waals surface area contributed by atoms with Crippen molar-refractivity contribution in [2.45, 2.75) is 26.5 Å². The summed E-state index contributed by atoms with van der Waals surface area (Å²) in [5.41, 5.74) is 1.34. The Kier molecular flexibility index (Phi) is 6.73. The zero-order chi connectivity index (χ0) is 12.7. The maximum absolute atomic E-state index is 5.70. The Hall–Kier alpha value is -0.420. The summed E-state index contributed by atoms with van der Waals surface area (Å²) in [5.74, 6) is 0. The molecule has 0 aliphatic carbocycles. The Morgan fingerprint density at radius 3 is 2.82 bits per heavy atom. The number of nitrogens with one attached hydrogen (secondary N) is 1. The maximum Gasteiger partial charge on any atom is 0.0727 e. The van der Waals surface area contributed by atoms with Crippen LogP contribution in [0.4, 0.5) is 0 Å². The first kappa shape index (κ1) is 14.6. The first-order valence-electron chi connectivity index (χ1n) is 6.08. The first-order chi connectivity index (χ1) is 8.13. The van der Waals surface area contributed by atoms with Crippen LogP contribution in [-0.2, 0) is 17.9 Å². The number of aryl methyl sites for hydroxylation is 1. The SMILES string of the molecule is CNCc1cc(COCCCN(C)C)c(C)s1. The van der Waals surface area contributed by atoms with Gasteiger partial charge in [0.1, 0.15) is 0 Å². The smallest absolute Gasteiger partial charge is 0.0727 e. The van der Waals surface area contributed by atoms with Crippen molar-refractivity contribution in [3.8, 4) is 0 Å². The molecule has 0 unspecified atom stereocenters. The lowest BCUT2D eigenvalue weighted by Crippen LogP contribution is -2.14. The van der Waals surface area contributed by atoms with E-state index in [1.807, 2.05) is 18.4 Å². The van der Waals surface area contributed by atoms with Gasteiger partial charge in [0.15, 0.2) is 0 Å². The highest BCUT2D eigenvalue weighted by Gasteiger charge is 2.04. The van der Waals surface area contributed by atoms with Crippen molar-refractivity contribution in [2.24, 2.45) is 0 Å². The molecule has 0 radical (unpaired) electrons. The second-order valence-corrected chi connectivity index (χ2v) is 5.87. The summed E-state index contributed by atoms with van der Waals surface area (Å²) in [5, 5.41) is 3.18. The lowest BCUT2D eigenvalue weighted by Gasteiger charge is -2.09. The van der Waals surface area contributed by atoms with Gasteiger partial charge in [-0.1, -0.05) is 0 Å². The standard InChI is InChI=1S/C13H24N2OS/c1-11-12(8-13(17-11)9-14-2)10-16-7-5-6-15(3)4/h8,14H,5-7,9-10H2,1-4H3. The van der Waals surface area contributed by atoms with Crippen LogP contribution in [0.5, 0.6) is 0 Å². The van der Waals surface area contributed by atoms with Gasteiger partial charge in [0.2, 0.25) is 0 Å². The minimum atomic E-state index is 0.749. The molecule has 1 heterocycles. The fourth-order valence-electron chi connectivity index (χ4n) is 1.66.